The maximum atomic E-state index is 10.7. The van der Waals surface area contributed by atoms with Gasteiger partial charge in [0.05, 0.1) is 16.4 Å². The van der Waals surface area contributed by atoms with Gasteiger partial charge in [0.1, 0.15) is 6.33 Å². The van der Waals surface area contributed by atoms with Gasteiger partial charge < -0.3 is 4.42 Å². The minimum atomic E-state index is -0.454. The maximum Gasteiger partial charge on any atom is 0.269 e. The smallest absolute Gasteiger partial charge is 0.269 e. The van der Waals surface area contributed by atoms with Gasteiger partial charge >= 0.3 is 0 Å². The molecule has 0 unspecified atom stereocenters. The molecule has 4 aromatic rings. The molecule has 0 aliphatic rings. The Bertz CT molecular complexity index is 1120. The minimum Gasteiger partial charge on any atom is -0.420 e. The number of thioether (sulfide) groups is 1. The summed E-state index contributed by atoms with van der Waals surface area (Å²) in [6, 6.07) is 13.9. The third-order valence-corrected chi connectivity index (χ3v) is 4.94. The van der Waals surface area contributed by atoms with Crippen LogP contribution in [0.1, 0.15) is 11.5 Å². The van der Waals surface area contributed by atoms with Crippen molar-refractivity contribution in [3.63, 3.8) is 0 Å². The summed E-state index contributed by atoms with van der Waals surface area (Å²) in [5, 5.41) is 27.7. The molecule has 0 atom stereocenters. The van der Waals surface area contributed by atoms with Crippen LogP contribution in [-0.2, 0) is 5.75 Å². The molecule has 0 aliphatic carbocycles. The molecule has 28 heavy (non-hydrogen) atoms. The molecule has 0 bridgehead atoms. The first-order valence-corrected chi connectivity index (χ1v) is 9.26. The van der Waals surface area contributed by atoms with Gasteiger partial charge in [-0.25, -0.2) is 0 Å². The van der Waals surface area contributed by atoms with Gasteiger partial charge in [0.15, 0.2) is 5.16 Å². The van der Waals surface area contributed by atoms with E-state index in [4.69, 9.17) is 4.42 Å². The van der Waals surface area contributed by atoms with Gasteiger partial charge in [-0.3, -0.25) is 14.7 Å². The highest BCUT2D eigenvalue weighted by molar-refractivity contribution is 7.98. The first-order chi connectivity index (χ1) is 13.6. The molecule has 0 spiro atoms. The molecule has 0 saturated carbocycles. The van der Waals surface area contributed by atoms with Crippen molar-refractivity contribution < 1.29 is 9.34 Å². The molecule has 0 amide bonds. The van der Waals surface area contributed by atoms with Crippen LogP contribution in [-0.4, -0.2) is 29.9 Å². The van der Waals surface area contributed by atoms with Crippen LogP contribution in [0.5, 0.6) is 0 Å². The number of hydrogen-bond donors (Lipinski definition) is 0. The molecular formula is C18H14N6O3S. The number of nitro benzene ring substituents is 1. The number of hydrogen-bond acceptors (Lipinski definition) is 8. The lowest BCUT2D eigenvalue weighted by atomic mass is 10.2. The highest BCUT2D eigenvalue weighted by Crippen LogP contribution is 2.26. The highest BCUT2D eigenvalue weighted by Gasteiger charge is 2.14. The van der Waals surface area contributed by atoms with E-state index in [1.54, 1.807) is 18.5 Å². The highest BCUT2D eigenvalue weighted by atomic mass is 32.2. The summed E-state index contributed by atoms with van der Waals surface area (Å²) in [5.41, 5.74) is 2.75. The molecule has 0 radical (unpaired) electrons. The van der Waals surface area contributed by atoms with Crippen molar-refractivity contribution in [3.05, 3.63) is 76.4 Å². The van der Waals surface area contributed by atoms with Crippen LogP contribution >= 0.6 is 11.8 Å². The maximum absolute atomic E-state index is 10.7. The van der Waals surface area contributed by atoms with E-state index in [0.29, 0.717) is 28.3 Å². The van der Waals surface area contributed by atoms with Crippen molar-refractivity contribution in [2.75, 3.05) is 0 Å². The average Bonchev–Trinajstić information content (AvgIpc) is 3.36. The molecule has 9 nitrogen and oxygen atoms in total. The Hall–Kier alpha value is -3.53. The van der Waals surface area contributed by atoms with Gasteiger partial charge in [0.2, 0.25) is 11.8 Å². The molecule has 0 fully saturated rings. The lowest BCUT2D eigenvalue weighted by Gasteiger charge is -2.08. The van der Waals surface area contributed by atoms with Crippen molar-refractivity contribution in [2.45, 2.75) is 17.8 Å². The fourth-order valence-electron chi connectivity index (χ4n) is 2.60. The number of nitrogens with zero attached hydrogens (tertiary/aromatic N) is 6. The second-order valence-electron chi connectivity index (χ2n) is 5.86. The van der Waals surface area contributed by atoms with Gasteiger partial charge in [0, 0.05) is 17.7 Å². The van der Waals surface area contributed by atoms with Crippen molar-refractivity contribution in [2.24, 2.45) is 0 Å². The van der Waals surface area contributed by atoms with E-state index in [1.165, 1.54) is 23.9 Å². The van der Waals surface area contributed by atoms with E-state index in [2.05, 4.69) is 20.4 Å². The number of rotatable bonds is 6. The molecule has 0 saturated heterocycles. The molecular weight excluding hydrogens is 380 g/mol. The molecule has 140 valence electrons. The van der Waals surface area contributed by atoms with Crippen LogP contribution in [0.15, 0.2) is 64.4 Å². The van der Waals surface area contributed by atoms with Crippen LogP contribution in [0.2, 0.25) is 0 Å². The molecule has 2 aromatic carbocycles. The molecule has 0 N–H and O–H groups in total. The summed E-state index contributed by atoms with van der Waals surface area (Å²) in [7, 11) is 0. The molecule has 4 rings (SSSR count). The average molecular weight is 394 g/mol. The van der Waals surface area contributed by atoms with Gasteiger partial charge in [-0.2, -0.15) is 0 Å². The minimum absolute atomic E-state index is 0.00888. The monoisotopic (exact) mass is 394 g/mol. The summed E-state index contributed by atoms with van der Waals surface area (Å²) in [5.74, 6) is 1.16. The number of non-ortho nitro benzene ring substituents is 1. The quantitative estimate of drug-likeness (QED) is 0.275. The zero-order valence-corrected chi connectivity index (χ0v) is 15.5. The summed E-state index contributed by atoms with van der Waals surface area (Å²) >= 11 is 1.43. The fourth-order valence-corrected chi connectivity index (χ4v) is 3.36. The SMILES string of the molecule is Cc1ccccc1-n1cnnc1SCc1nnc(-c2ccc([N+](=O)[O-])cc2)o1. The normalized spacial score (nSPS) is 10.9. The Morgan fingerprint density at radius 3 is 2.64 bits per heavy atom. The van der Waals surface area contributed by atoms with Crippen molar-refractivity contribution in [1.29, 1.82) is 0 Å². The third-order valence-electron chi connectivity index (χ3n) is 4.01. The van der Waals surface area contributed by atoms with E-state index < -0.39 is 4.92 Å². The number of nitro groups is 1. The van der Waals surface area contributed by atoms with Crippen molar-refractivity contribution in [1.82, 2.24) is 25.0 Å². The number of aromatic nitrogens is 5. The predicted molar refractivity (Wildman–Crippen MR) is 102 cm³/mol. The van der Waals surface area contributed by atoms with Gasteiger partial charge in [-0.1, -0.05) is 30.0 Å². The zero-order valence-electron chi connectivity index (χ0n) is 14.7. The van der Waals surface area contributed by atoms with Crippen LogP contribution < -0.4 is 0 Å². The Balaban J connectivity index is 1.48. The van der Waals surface area contributed by atoms with E-state index in [-0.39, 0.29) is 5.69 Å². The summed E-state index contributed by atoms with van der Waals surface area (Å²) < 4.78 is 7.58. The standard InChI is InChI=1S/C18H14N6O3S/c1-12-4-2-3-5-15(12)23-11-19-22-18(23)28-10-16-20-21-17(27-16)13-6-8-14(9-7-13)24(25)26/h2-9,11H,10H2,1H3. The summed E-state index contributed by atoms with van der Waals surface area (Å²) in [6.07, 6.45) is 1.67. The predicted octanol–water partition coefficient (Wildman–Crippen LogP) is 3.83. The Kier molecular flexibility index (Phi) is 4.85. The molecule has 2 aromatic heterocycles. The van der Waals surface area contributed by atoms with Gasteiger partial charge in [-0.05, 0) is 30.7 Å². The molecule has 10 heteroatoms. The van der Waals surface area contributed by atoms with Gasteiger partial charge in [-0.15, -0.1) is 20.4 Å². The largest absolute Gasteiger partial charge is 0.420 e. The van der Waals surface area contributed by atoms with Crippen LogP contribution in [0.3, 0.4) is 0 Å². The summed E-state index contributed by atoms with van der Waals surface area (Å²) in [4.78, 5) is 10.3. The number of para-hydroxylation sites is 1. The Morgan fingerprint density at radius 2 is 1.89 bits per heavy atom. The Labute approximate surface area is 163 Å². The lowest BCUT2D eigenvalue weighted by Crippen LogP contribution is -1.97. The zero-order chi connectivity index (χ0) is 19.5. The van der Waals surface area contributed by atoms with E-state index in [9.17, 15) is 10.1 Å². The van der Waals surface area contributed by atoms with E-state index in [1.807, 2.05) is 35.8 Å². The first kappa shape index (κ1) is 17.9. The summed E-state index contributed by atoms with van der Waals surface area (Å²) in [6.45, 7) is 2.03. The topological polar surface area (TPSA) is 113 Å². The molecule has 2 heterocycles. The number of aryl methyl sites for hydroxylation is 1. The van der Waals surface area contributed by atoms with Crippen molar-refractivity contribution >= 4 is 17.4 Å². The second kappa shape index (κ2) is 7.61. The first-order valence-electron chi connectivity index (χ1n) is 8.28. The van der Waals surface area contributed by atoms with E-state index in [0.717, 1.165) is 11.3 Å². The van der Waals surface area contributed by atoms with Crippen LogP contribution in [0.25, 0.3) is 17.1 Å². The third kappa shape index (κ3) is 3.62. The molecule has 0 aliphatic heterocycles. The van der Waals surface area contributed by atoms with Crippen LogP contribution in [0.4, 0.5) is 5.69 Å². The lowest BCUT2D eigenvalue weighted by molar-refractivity contribution is -0.384. The second-order valence-corrected chi connectivity index (χ2v) is 6.81. The van der Waals surface area contributed by atoms with E-state index >= 15 is 0 Å². The Morgan fingerprint density at radius 1 is 1.11 bits per heavy atom. The van der Waals surface area contributed by atoms with Crippen molar-refractivity contribution in [3.8, 4) is 17.1 Å². The van der Waals surface area contributed by atoms with Crippen LogP contribution in [0, 0.1) is 17.0 Å². The van der Waals surface area contributed by atoms with Gasteiger partial charge in [0.25, 0.3) is 5.69 Å². The fraction of sp³-hybridized carbons (Fsp3) is 0.111. The number of benzene rings is 2.